The third-order valence-corrected chi connectivity index (χ3v) is 4.92. The molecule has 1 aromatic carbocycles. The zero-order valence-corrected chi connectivity index (χ0v) is 14.2. The molecule has 22 heavy (non-hydrogen) atoms. The van der Waals surface area contributed by atoms with Crippen LogP contribution in [0.25, 0.3) is 0 Å². The predicted molar refractivity (Wildman–Crippen MR) is 82.7 cm³/mol. The highest BCUT2D eigenvalue weighted by Gasteiger charge is 2.38. The molecule has 0 saturated carbocycles. The molecule has 0 radical (unpaired) electrons. The van der Waals surface area contributed by atoms with E-state index < -0.39 is 34.0 Å². The van der Waals surface area contributed by atoms with E-state index in [1.54, 1.807) is 12.1 Å². The molecular formula is C13H16BrFN2O4S. The van der Waals surface area contributed by atoms with Crippen LogP contribution in [-0.4, -0.2) is 49.4 Å². The minimum absolute atomic E-state index is 0.259. The van der Waals surface area contributed by atoms with Crippen LogP contribution in [0, 0.1) is 5.82 Å². The Labute approximate surface area is 136 Å². The van der Waals surface area contributed by atoms with Gasteiger partial charge in [-0.05, 0) is 46.5 Å². The van der Waals surface area contributed by atoms with Crippen LogP contribution in [-0.2, 0) is 16.4 Å². The molecule has 1 amide bonds. The number of carbonyl (C=O) groups is 1. The summed E-state index contributed by atoms with van der Waals surface area (Å²) < 4.78 is 38.9. The molecule has 6 nitrogen and oxygen atoms in total. The molecule has 2 rings (SSSR count). The molecule has 1 aliphatic rings. The van der Waals surface area contributed by atoms with Crippen LogP contribution in [0.15, 0.2) is 22.7 Å². The summed E-state index contributed by atoms with van der Waals surface area (Å²) in [6.45, 7) is 0.259. The first-order valence-electron chi connectivity index (χ1n) is 6.58. The van der Waals surface area contributed by atoms with E-state index in [-0.39, 0.29) is 11.0 Å². The first kappa shape index (κ1) is 17.2. The third kappa shape index (κ3) is 4.17. The van der Waals surface area contributed by atoms with Crippen LogP contribution in [0.3, 0.4) is 0 Å². The highest BCUT2D eigenvalue weighted by atomic mass is 79.9. The van der Waals surface area contributed by atoms with Crippen LogP contribution in [0.5, 0.6) is 0 Å². The number of halogens is 2. The number of nitrogens with one attached hydrogen (secondary N) is 1. The van der Waals surface area contributed by atoms with Crippen LogP contribution in [0.4, 0.5) is 9.18 Å². The number of rotatable bonds is 4. The fourth-order valence-electron chi connectivity index (χ4n) is 2.66. The molecule has 2 N–H and O–H groups in total. The average molecular weight is 395 g/mol. The summed E-state index contributed by atoms with van der Waals surface area (Å²) in [5.74, 6) is -0.406. The van der Waals surface area contributed by atoms with Gasteiger partial charge in [0.2, 0.25) is 10.0 Å². The van der Waals surface area contributed by atoms with Crippen LogP contribution >= 0.6 is 15.9 Å². The highest BCUT2D eigenvalue weighted by Crippen LogP contribution is 2.25. The first-order chi connectivity index (χ1) is 10.2. The second-order valence-electron chi connectivity index (χ2n) is 5.28. The lowest BCUT2D eigenvalue weighted by Gasteiger charge is -2.26. The van der Waals surface area contributed by atoms with Gasteiger partial charge in [-0.15, -0.1) is 0 Å². The third-order valence-electron chi connectivity index (χ3n) is 3.59. The molecule has 2 atom stereocenters. The second-order valence-corrected chi connectivity index (χ2v) is 7.92. The fraction of sp³-hybridized carbons (Fsp3) is 0.462. The molecule has 1 heterocycles. The lowest BCUT2D eigenvalue weighted by Crippen LogP contribution is -2.47. The zero-order chi connectivity index (χ0) is 16.5. The van der Waals surface area contributed by atoms with Crippen molar-refractivity contribution >= 4 is 32.0 Å². The van der Waals surface area contributed by atoms with E-state index in [1.165, 1.54) is 11.0 Å². The summed E-state index contributed by atoms with van der Waals surface area (Å²) in [5.41, 5.74) is 0.728. The van der Waals surface area contributed by atoms with Crippen molar-refractivity contribution in [2.75, 3.05) is 12.8 Å². The smallest absolute Gasteiger partial charge is 0.407 e. The number of amides is 1. The Morgan fingerprint density at radius 3 is 2.77 bits per heavy atom. The van der Waals surface area contributed by atoms with Gasteiger partial charge in [0.15, 0.2) is 0 Å². The maximum Gasteiger partial charge on any atom is 0.407 e. The summed E-state index contributed by atoms with van der Waals surface area (Å²) in [4.78, 5) is 12.5. The molecule has 1 aromatic rings. The molecule has 122 valence electrons. The van der Waals surface area contributed by atoms with Gasteiger partial charge in [-0.2, -0.15) is 0 Å². The van der Waals surface area contributed by atoms with Crippen molar-refractivity contribution in [2.45, 2.75) is 24.9 Å². The van der Waals surface area contributed by atoms with Gasteiger partial charge >= 0.3 is 6.09 Å². The molecule has 1 fully saturated rings. The SMILES string of the molecule is CS(=O)(=O)N[C@H]1CCN(C(=O)O)[C@H]1Cc1ccc(F)c(Br)c1. The van der Waals surface area contributed by atoms with Crippen LogP contribution in [0.1, 0.15) is 12.0 Å². The van der Waals surface area contributed by atoms with Crippen LogP contribution in [0.2, 0.25) is 0 Å². The van der Waals surface area contributed by atoms with E-state index >= 15 is 0 Å². The van der Waals surface area contributed by atoms with Crippen molar-refractivity contribution in [3.05, 3.63) is 34.1 Å². The minimum Gasteiger partial charge on any atom is -0.465 e. The van der Waals surface area contributed by atoms with E-state index in [0.717, 1.165) is 11.8 Å². The van der Waals surface area contributed by atoms with Crippen LogP contribution < -0.4 is 4.72 Å². The molecule has 0 bridgehead atoms. The number of likely N-dealkylation sites (tertiary alicyclic amines) is 1. The Bertz CT molecular complexity index is 683. The number of benzene rings is 1. The largest absolute Gasteiger partial charge is 0.465 e. The highest BCUT2D eigenvalue weighted by molar-refractivity contribution is 9.10. The van der Waals surface area contributed by atoms with Crippen molar-refractivity contribution in [3.63, 3.8) is 0 Å². The molecule has 0 aromatic heterocycles. The maximum absolute atomic E-state index is 13.3. The Morgan fingerprint density at radius 1 is 1.55 bits per heavy atom. The Morgan fingerprint density at radius 2 is 2.23 bits per heavy atom. The van der Waals surface area contributed by atoms with Gasteiger partial charge in [-0.3, -0.25) is 0 Å². The Hall–Kier alpha value is -1.19. The van der Waals surface area contributed by atoms with E-state index in [4.69, 9.17) is 0 Å². The number of sulfonamides is 1. The Kier molecular flexibility index (Phi) is 5.08. The second kappa shape index (κ2) is 6.51. The zero-order valence-electron chi connectivity index (χ0n) is 11.8. The van der Waals surface area contributed by atoms with Crippen molar-refractivity contribution in [2.24, 2.45) is 0 Å². The molecule has 9 heteroatoms. The molecule has 1 saturated heterocycles. The van der Waals surface area contributed by atoms with Gasteiger partial charge in [-0.25, -0.2) is 22.3 Å². The molecule has 0 spiro atoms. The summed E-state index contributed by atoms with van der Waals surface area (Å²) in [7, 11) is -3.44. The molecule has 1 aliphatic heterocycles. The van der Waals surface area contributed by atoms with Gasteiger partial charge < -0.3 is 10.0 Å². The number of nitrogens with zero attached hydrogens (tertiary/aromatic N) is 1. The predicted octanol–water partition coefficient (Wildman–Crippen LogP) is 1.80. The lowest BCUT2D eigenvalue weighted by molar-refractivity contribution is 0.137. The van der Waals surface area contributed by atoms with E-state index in [0.29, 0.717) is 12.8 Å². The van der Waals surface area contributed by atoms with E-state index in [1.807, 2.05) is 0 Å². The standard InChI is InChI=1S/C13H16BrFN2O4S/c1-22(20,21)16-11-4-5-17(13(18)19)12(11)7-8-2-3-10(15)9(14)6-8/h2-3,6,11-12,16H,4-5,7H2,1H3,(H,18,19)/t11-,12-/m0/s1. The van der Waals surface area contributed by atoms with E-state index in [2.05, 4.69) is 20.7 Å². The van der Waals surface area contributed by atoms with Gasteiger partial charge in [0.1, 0.15) is 5.82 Å². The average Bonchev–Trinajstić information content (AvgIpc) is 2.75. The van der Waals surface area contributed by atoms with Gasteiger partial charge in [-0.1, -0.05) is 6.07 Å². The summed E-state index contributed by atoms with van der Waals surface area (Å²) in [6, 6.07) is 3.42. The van der Waals surface area contributed by atoms with Crippen molar-refractivity contribution in [1.82, 2.24) is 9.62 Å². The molecular weight excluding hydrogens is 379 g/mol. The fourth-order valence-corrected chi connectivity index (χ4v) is 3.92. The summed E-state index contributed by atoms with van der Waals surface area (Å²) >= 11 is 3.09. The molecule has 0 aliphatic carbocycles. The lowest BCUT2D eigenvalue weighted by atomic mass is 10.0. The normalized spacial score (nSPS) is 22.0. The topological polar surface area (TPSA) is 86.7 Å². The van der Waals surface area contributed by atoms with Crippen molar-refractivity contribution in [1.29, 1.82) is 0 Å². The van der Waals surface area contributed by atoms with Gasteiger partial charge in [0, 0.05) is 12.6 Å². The van der Waals surface area contributed by atoms with Crippen molar-refractivity contribution < 1.29 is 22.7 Å². The van der Waals surface area contributed by atoms with Crippen molar-refractivity contribution in [3.8, 4) is 0 Å². The quantitative estimate of drug-likeness (QED) is 0.814. The van der Waals surface area contributed by atoms with E-state index in [9.17, 15) is 22.7 Å². The minimum atomic E-state index is -3.44. The summed E-state index contributed by atoms with van der Waals surface area (Å²) in [6.07, 6.45) is 0.663. The Balaban J connectivity index is 2.24. The number of hydrogen-bond donors (Lipinski definition) is 2. The monoisotopic (exact) mass is 394 g/mol. The van der Waals surface area contributed by atoms with Gasteiger partial charge in [0.05, 0.1) is 16.8 Å². The maximum atomic E-state index is 13.3. The first-order valence-corrected chi connectivity index (χ1v) is 9.26. The number of hydrogen-bond acceptors (Lipinski definition) is 3. The number of carboxylic acid groups (broad SMARTS) is 1. The molecule has 0 unspecified atom stereocenters. The van der Waals surface area contributed by atoms with Gasteiger partial charge in [0.25, 0.3) is 0 Å². The summed E-state index contributed by atoms with van der Waals surface area (Å²) in [5, 5.41) is 9.26.